The van der Waals surface area contributed by atoms with Crippen molar-refractivity contribution in [2.45, 2.75) is 70.4 Å². The number of carbonyl (C=O) groups excluding carboxylic acids is 1. The van der Waals surface area contributed by atoms with Crippen LogP contribution in [0, 0.1) is 17.2 Å². The Labute approximate surface area is 235 Å². The van der Waals surface area contributed by atoms with E-state index in [9.17, 15) is 14.6 Å². The summed E-state index contributed by atoms with van der Waals surface area (Å²) in [7, 11) is -4.06. The predicted molar refractivity (Wildman–Crippen MR) is 148 cm³/mol. The Morgan fingerprint density at radius 2 is 2.05 bits per heavy atom. The molecule has 2 unspecified atom stereocenters. The van der Waals surface area contributed by atoms with Gasteiger partial charge in [0.2, 0.25) is 0 Å². The first-order valence-electron chi connectivity index (χ1n) is 13.7. The molecule has 5 atom stereocenters. The van der Waals surface area contributed by atoms with Crippen molar-refractivity contribution in [1.82, 2.24) is 15.1 Å². The summed E-state index contributed by atoms with van der Waals surface area (Å²) < 4.78 is 38.9. The highest BCUT2D eigenvalue weighted by Crippen LogP contribution is 2.47. The molecule has 0 radical (unpaired) electrons. The number of nitriles is 1. The maximum Gasteiger partial charge on any atom is 0.459 e. The van der Waals surface area contributed by atoms with Crippen LogP contribution in [0.5, 0.6) is 5.75 Å². The van der Waals surface area contributed by atoms with Gasteiger partial charge in [-0.05, 0) is 49.9 Å². The van der Waals surface area contributed by atoms with Crippen LogP contribution in [0.4, 0.5) is 0 Å². The predicted octanol–water partition coefficient (Wildman–Crippen LogP) is 3.61. The first kappa shape index (κ1) is 30.1. The zero-order chi connectivity index (χ0) is 28.8. The summed E-state index contributed by atoms with van der Waals surface area (Å²) in [4.78, 5) is 12.7. The number of nitrogens with one attached hydrogen (secondary N) is 3. The van der Waals surface area contributed by atoms with E-state index in [1.165, 1.54) is 0 Å². The molecule has 13 heteroatoms. The van der Waals surface area contributed by atoms with Gasteiger partial charge < -0.3 is 25.2 Å². The van der Waals surface area contributed by atoms with E-state index in [1.54, 1.807) is 41.9 Å². The van der Waals surface area contributed by atoms with Crippen molar-refractivity contribution in [2.75, 3.05) is 25.3 Å². The topological polar surface area (TPSA) is 162 Å². The minimum Gasteiger partial charge on any atom is -0.464 e. The van der Waals surface area contributed by atoms with Crippen LogP contribution in [-0.2, 0) is 29.0 Å². The number of nitrogens with zero attached hydrogens (tertiary/aromatic N) is 2. The van der Waals surface area contributed by atoms with E-state index in [0.717, 1.165) is 18.5 Å². The van der Waals surface area contributed by atoms with Crippen LogP contribution in [0.2, 0.25) is 0 Å². The van der Waals surface area contributed by atoms with Gasteiger partial charge in [0, 0.05) is 0 Å². The molecule has 5 N–H and O–H groups in total. The third-order valence-electron chi connectivity index (χ3n) is 7.29. The molecule has 1 aromatic carbocycles. The molecule has 1 aromatic heterocycles. The van der Waals surface area contributed by atoms with Crippen molar-refractivity contribution in [1.29, 1.82) is 5.26 Å². The van der Waals surface area contributed by atoms with Crippen LogP contribution in [0.25, 0.3) is 0 Å². The smallest absolute Gasteiger partial charge is 0.459 e. The number of ether oxygens (including phenoxy) is 2. The third kappa shape index (κ3) is 6.86. The Morgan fingerprint density at radius 1 is 1.30 bits per heavy atom. The van der Waals surface area contributed by atoms with Crippen LogP contribution >= 0.6 is 7.75 Å². The number of hydrogen-bond donors (Lipinski definition) is 4. The van der Waals surface area contributed by atoms with E-state index >= 15 is 0 Å². The fraction of sp³-hybridized carbons (Fsp3) is 0.556. The molecular weight excluding hydrogens is 535 g/mol. The van der Waals surface area contributed by atoms with E-state index in [2.05, 4.69) is 21.9 Å². The van der Waals surface area contributed by atoms with Gasteiger partial charge in [-0.3, -0.25) is 19.3 Å². The molecule has 0 aliphatic carbocycles. The van der Waals surface area contributed by atoms with Crippen LogP contribution in [-0.4, -0.2) is 42.7 Å². The van der Waals surface area contributed by atoms with Crippen molar-refractivity contribution in [3.05, 3.63) is 53.9 Å². The zero-order valence-electron chi connectivity index (χ0n) is 23.2. The summed E-state index contributed by atoms with van der Waals surface area (Å²) in [6, 6.07) is 13.6. The standard InChI is InChI=1S/C27H39N6O6P/c1-4-20(5-2)15-36-26(34)19(3)32-40(35,39-21-9-7-6-8-10-21)37-16-22-13-14-27(17-28,38-22)24-12-11-23-25(29)30-18-31-33(23)24/h6-12,19-20,22,25,30-31H,4-5,13-16,18,29H2,1-3H3,(H,32,35)/t19-,22-,25?,27-,40?/m0/s1. The SMILES string of the molecule is CCC(CC)COC(=O)[C@H](C)NP(=O)(OC[C@@H]1CC[C@](C#N)(c2ccc3n2NCNC3N)O1)Oc1ccccc1. The molecule has 40 heavy (non-hydrogen) atoms. The first-order valence-corrected chi connectivity index (χ1v) is 15.2. The van der Waals surface area contributed by atoms with E-state index < -0.39 is 31.5 Å². The van der Waals surface area contributed by atoms with E-state index in [4.69, 9.17) is 24.3 Å². The number of para-hydroxylation sites is 1. The van der Waals surface area contributed by atoms with Gasteiger partial charge in [0.15, 0.2) is 5.60 Å². The molecule has 2 aliphatic rings. The van der Waals surface area contributed by atoms with Gasteiger partial charge in [-0.2, -0.15) is 10.3 Å². The normalized spacial score (nSPS) is 24.4. The van der Waals surface area contributed by atoms with Crippen LogP contribution < -0.4 is 26.1 Å². The molecule has 12 nitrogen and oxygen atoms in total. The zero-order valence-corrected chi connectivity index (χ0v) is 24.1. The first-order chi connectivity index (χ1) is 19.2. The Morgan fingerprint density at radius 3 is 2.75 bits per heavy atom. The summed E-state index contributed by atoms with van der Waals surface area (Å²) in [5.41, 5.74) is 9.50. The van der Waals surface area contributed by atoms with E-state index in [-0.39, 0.29) is 25.3 Å². The summed E-state index contributed by atoms with van der Waals surface area (Å²) in [6.07, 6.45) is 1.75. The van der Waals surface area contributed by atoms with Crippen molar-refractivity contribution in [2.24, 2.45) is 11.7 Å². The van der Waals surface area contributed by atoms with Gasteiger partial charge in [-0.1, -0.05) is 44.9 Å². The summed E-state index contributed by atoms with van der Waals surface area (Å²) in [6.45, 7) is 6.23. The van der Waals surface area contributed by atoms with Gasteiger partial charge in [0.1, 0.15) is 17.9 Å². The number of hydrogen-bond acceptors (Lipinski definition) is 10. The Balaban J connectivity index is 1.44. The van der Waals surface area contributed by atoms with Crippen LogP contribution in [0.1, 0.15) is 64.0 Å². The molecule has 0 spiro atoms. The lowest BCUT2D eigenvalue weighted by atomic mass is 9.97. The lowest BCUT2D eigenvalue weighted by Crippen LogP contribution is -2.45. The van der Waals surface area contributed by atoms with Crippen molar-refractivity contribution < 1.29 is 27.9 Å². The van der Waals surface area contributed by atoms with Gasteiger partial charge in [-0.15, -0.1) is 0 Å². The van der Waals surface area contributed by atoms with Gasteiger partial charge in [0.05, 0.1) is 43.5 Å². The Kier molecular flexibility index (Phi) is 9.90. The monoisotopic (exact) mass is 574 g/mol. The molecule has 2 aromatic rings. The van der Waals surface area contributed by atoms with Crippen LogP contribution in [0.3, 0.4) is 0 Å². The van der Waals surface area contributed by atoms with Crippen molar-refractivity contribution >= 4 is 13.7 Å². The second-order valence-electron chi connectivity index (χ2n) is 10.1. The number of benzene rings is 1. The second-order valence-corrected chi connectivity index (χ2v) is 11.8. The minimum absolute atomic E-state index is 0.127. The number of aromatic nitrogens is 1. The molecule has 1 saturated heterocycles. The molecule has 0 saturated carbocycles. The molecule has 0 amide bonds. The number of esters is 1. The lowest BCUT2D eigenvalue weighted by molar-refractivity contribution is -0.146. The Hall–Kier alpha value is -2.91. The average molecular weight is 575 g/mol. The minimum atomic E-state index is -4.06. The number of carbonyl (C=O) groups is 1. The fourth-order valence-electron chi connectivity index (χ4n) is 4.77. The lowest BCUT2D eigenvalue weighted by Gasteiger charge is -2.30. The van der Waals surface area contributed by atoms with Crippen LogP contribution in [0.15, 0.2) is 42.5 Å². The van der Waals surface area contributed by atoms with Gasteiger partial charge >= 0.3 is 13.7 Å². The molecule has 2 aliphatic heterocycles. The van der Waals surface area contributed by atoms with Crippen molar-refractivity contribution in [3.8, 4) is 11.8 Å². The maximum atomic E-state index is 13.9. The average Bonchev–Trinajstić information content (AvgIpc) is 3.59. The number of fused-ring (bicyclic) bond motifs is 1. The van der Waals surface area contributed by atoms with Gasteiger partial charge in [0.25, 0.3) is 0 Å². The fourth-order valence-corrected chi connectivity index (χ4v) is 6.29. The Bertz CT molecular complexity index is 1230. The molecule has 218 valence electrons. The van der Waals surface area contributed by atoms with E-state index in [0.29, 0.717) is 31.0 Å². The molecule has 0 bridgehead atoms. The molecular formula is C27H39N6O6P. The highest BCUT2D eigenvalue weighted by molar-refractivity contribution is 7.52. The largest absolute Gasteiger partial charge is 0.464 e. The summed E-state index contributed by atoms with van der Waals surface area (Å²) >= 11 is 0. The van der Waals surface area contributed by atoms with Gasteiger partial charge in [-0.25, -0.2) is 4.57 Å². The van der Waals surface area contributed by atoms with Crippen molar-refractivity contribution in [3.63, 3.8) is 0 Å². The third-order valence-corrected chi connectivity index (χ3v) is 8.93. The molecule has 4 rings (SSSR count). The highest BCUT2D eigenvalue weighted by atomic mass is 31.2. The quantitative estimate of drug-likeness (QED) is 0.204. The summed E-state index contributed by atoms with van der Waals surface area (Å²) in [5, 5.41) is 16.0. The van der Waals surface area contributed by atoms with E-state index in [1.807, 2.05) is 26.0 Å². The number of rotatable bonds is 13. The highest BCUT2D eigenvalue weighted by Gasteiger charge is 2.46. The molecule has 1 fully saturated rings. The number of nitrogens with two attached hydrogens (primary N) is 1. The maximum absolute atomic E-state index is 13.9. The molecule has 3 heterocycles. The summed E-state index contributed by atoms with van der Waals surface area (Å²) in [5.74, 6) is 0.0183. The second kappa shape index (κ2) is 13.2.